The van der Waals surface area contributed by atoms with E-state index in [1.807, 2.05) is 25.5 Å². The second-order valence-corrected chi connectivity index (χ2v) is 7.40. The zero-order valence-electron chi connectivity index (χ0n) is 15.7. The van der Waals surface area contributed by atoms with Crippen molar-refractivity contribution in [3.05, 3.63) is 11.6 Å². The molecule has 0 spiro atoms. The van der Waals surface area contributed by atoms with Crippen molar-refractivity contribution in [2.75, 3.05) is 19.7 Å². The topological polar surface area (TPSA) is 72.3 Å². The van der Waals surface area contributed by atoms with E-state index in [9.17, 15) is 4.79 Å². The van der Waals surface area contributed by atoms with Gasteiger partial charge in [-0.1, -0.05) is 19.3 Å². The lowest BCUT2D eigenvalue weighted by molar-refractivity contribution is -0.130. The Morgan fingerprint density at radius 1 is 1.32 bits per heavy atom. The van der Waals surface area contributed by atoms with Gasteiger partial charge in [-0.05, 0) is 33.6 Å². The molecule has 3 rings (SSSR count). The molecule has 0 unspecified atom stereocenters. The molecule has 1 saturated carbocycles. The smallest absolute Gasteiger partial charge is 0.237 e. The van der Waals surface area contributed by atoms with E-state index in [0.29, 0.717) is 19.2 Å². The summed E-state index contributed by atoms with van der Waals surface area (Å²) in [4.78, 5) is 19.2. The lowest BCUT2D eigenvalue weighted by atomic mass is 9.95. The van der Waals surface area contributed by atoms with Crippen LogP contribution in [0.2, 0.25) is 0 Å². The molecule has 7 heteroatoms. The Hall–Kier alpha value is -1.47. The third-order valence-electron chi connectivity index (χ3n) is 5.39. The predicted octanol–water partition coefficient (Wildman–Crippen LogP) is 1.43. The molecule has 1 aromatic rings. The van der Waals surface area contributed by atoms with Crippen LogP contribution < -0.4 is 5.32 Å². The van der Waals surface area contributed by atoms with Crippen molar-refractivity contribution in [2.24, 2.45) is 0 Å². The Morgan fingerprint density at radius 2 is 2.08 bits per heavy atom. The molecule has 1 aromatic heterocycles. The van der Waals surface area contributed by atoms with Gasteiger partial charge in [-0.2, -0.15) is 5.10 Å². The van der Waals surface area contributed by atoms with Crippen molar-refractivity contribution in [3.63, 3.8) is 0 Å². The van der Waals surface area contributed by atoms with Gasteiger partial charge in [0.05, 0.1) is 25.3 Å². The molecule has 7 nitrogen and oxygen atoms in total. The van der Waals surface area contributed by atoms with Gasteiger partial charge in [0.25, 0.3) is 0 Å². The maximum absolute atomic E-state index is 12.6. The van der Waals surface area contributed by atoms with Gasteiger partial charge in [0, 0.05) is 19.1 Å². The molecule has 1 N–H and O–H groups in total. The van der Waals surface area contributed by atoms with Gasteiger partial charge in [-0.15, -0.1) is 0 Å². The van der Waals surface area contributed by atoms with Gasteiger partial charge in [0.2, 0.25) is 5.91 Å². The largest absolute Gasteiger partial charge is 0.374 e. The number of aryl methyl sites for hydroxylation is 2. The molecule has 0 radical (unpaired) electrons. The summed E-state index contributed by atoms with van der Waals surface area (Å²) in [6, 6.07) is 0.244. The van der Waals surface area contributed by atoms with E-state index in [0.717, 1.165) is 37.6 Å². The van der Waals surface area contributed by atoms with Gasteiger partial charge in [0.1, 0.15) is 11.6 Å². The minimum absolute atomic E-state index is 0.0403. The van der Waals surface area contributed by atoms with Crippen molar-refractivity contribution >= 4 is 5.91 Å². The molecule has 2 atom stereocenters. The van der Waals surface area contributed by atoms with Gasteiger partial charge < -0.3 is 10.1 Å². The summed E-state index contributed by atoms with van der Waals surface area (Å²) in [5, 5.41) is 7.66. The van der Waals surface area contributed by atoms with Crippen molar-refractivity contribution in [2.45, 2.75) is 77.6 Å². The number of hydrogen-bond acceptors (Lipinski definition) is 5. The van der Waals surface area contributed by atoms with Crippen molar-refractivity contribution in [1.29, 1.82) is 0 Å². The van der Waals surface area contributed by atoms with Crippen LogP contribution in [-0.4, -0.2) is 63.5 Å². The summed E-state index contributed by atoms with van der Waals surface area (Å²) < 4.78 is 7.79. The second kappa shape index (κ2) is 8.27. The molecule has 2 heterocycles. The number of carbonyl (C=O) groups is 1. The number of hydrogen-bond donors (Lipinski definition) is 1. The zero-order valence-corrected chi connectivity index (χ0v) is 15.7. The number of nitrogens with one attached hydrogen (secondary N) is 1. The molecule has 1 amide bonds. The van der Waals surface area contributed by atoms with E-state index in [1.54, 1.807) is 0 Å². The van der Waals surface area contributed by atoms with E-state index in [4.69, 9.17) is 4.74 Å². The van der Waals surface area contributed by atoms with Crippen LogP contribution in [0.25, 0.3) is 0 Å². The third kappa shape index (κ3) is 4.79. The summed E-state index contributed by atoms with van der Waals surface area (Å²) in [7, 11) is 0. The first-order chi connectivity index (χ1) is 12.0. The lowest BCUT2D eigenvalue weighted by Gasteiger charge is -2.37. The summed E-state index contributed by atoms with van der Waals surface area (Å²) in [6.07, 6.45) is 6.04. The Kier molecular flexibility index (Phi) is 6.06. The fourth-order valence-corrected chi connectivity index (χ4v) is 3.87. The van der Waals surface area contributed by atoms with E-state index in [1.165, 1.54) is 19.3 Å². The van der Waals surface area contributed by atoms with E-state index in [2.05, 4.69) is 20.3 Å². The molecule has 1 aliphatic carbocycles. The molecule has 25 heavy (non-hydrogen) atoms. The van der Waals surface area contributed by atoms with Gasteiger partial charge in [0.15, 0.2) is 0 Å². The number of aromatic nitrogens is 3. The molecular weight excluding hydrogens is 318 g/mol. The number of amides is 1. The van der Waals surface area contributed by atoms with Crippen molar-refractivity contribution in [1.82, 2.24) is 25.0 Å². The maximum Gasteiger partial charge on any atom is 0.237 e. The second-order valence-electron chi connectivity index (χ2n) is 7.40. The molecule has 2 aliphatic rings. The Labute approximate surface area is 150 Å². The summed E-state index contributed by atoms with van der Waals surface area (Å²) >= 11 is 0. The lowest BCUT2D eigenvalue weighted by Crippen LogP contribution is -2.54. The third-order valence-corrected chi connectivity index (χ3v) is 5.39. The summed E-state index contributed by atoms with van der Waals surface area (Å²) in [5.74, 6) is 1.84. The van der Waals surface area contributed by atoms with Crippen molar-refractivity contribution in [3.8, 4) is 0 Å². The van der Waals surface area contributed by atoms with Crippen LogP contribution in [0.1, 0.15) is 50.7 Å². The molecule has 1 aliphatic heterocycles. The maximum atomic E-state index is 12.6. The van der Waals surface area contributed by atoms with Gasteiger partial charge >= 0.3 is 0 Å². The van der Waals surface area contributed by atoms with Crippen LogP contribution in [-0.2, 0) is 16.1 Å². The standard InChI is InChI=1S/C18H31N5O2/c1-13(18(24)20-16-7-5-4-6-8-16)22-9-10-25-17(11-22)12-23-15(3)19-14(2)21-23/h13,16-17H,4-12H2,1-3H3,(H,20,24)/t13-,17-/m0/s1. The average Bonchev–Trinajstić information content (AvgIpc) is 2.92. The SMILES string of the molecule is Cc1nc(C)n(C[C@@H]2CN([C@@H](C)C(=O)NC3CCCCC3)CCO2)n1. The molecule has 0 bridgehead atoms. The van der Waals surface area contributed by atoms with Crippen LogP contribution in [0, 0.1) is 13.8 Å². The van der Waals surface area contributed by atoms with Crippen molar-refractivity contribution < 1.29 is 9.53 Å². The highest BCUT2D eigenvalue weighted by Gasteiger charge is 2.29. The first-order valence-electron chi connectivity index (χ1n) is 9.57. The molecular formula is C18H31N5O2. The molecule has 1 saturated heterocycles. The first kappa shape index (κ1) is 18.3. The number of morpholine rings is 1. The Balaban J connectivity index is 1.52. The predicted molar refractivity (Wildman–Crippen MR) is 95.3 cm³/mol. The average molecular weight is 349 g/mol. The first-order valence-corrected chi connectivity index (χ1v) is 9.57. The fourth-order valence-electron chi connectivity index (χ4n) is 3.87. The number of ether oxygens (including phenoxy) is 1. The van der Waals surface area contributed by atoms with E-state index >= 15 is 0 Å². The number of nitrogens with zero attached hydrogens (tertiary/aromatic N) is 4. The van der Waals surface area contributed by atoms with Gasteiger partial charge in [-0.25, -0.2) is 9.67 Å². The zero-order chi connectivity index (χ0) is 17.8. The minimum Gasteiger partial charge on any atom is -0.374 e. The Morgan fingerprint density at radius 3 is 2.76 bits per heavy atom. The van der Waals surface area contributed by atoms with Crippen LogP contribution in [0.15, 0.2) is 0 Å². The highest BCUT2D eigenvalue weighted by Crippen LogP contribution is 2.18. The van der Waals surface area contributed by atoms with Crippen LogP contribution in [0.5, 0.6) is 0 Å². The monoisotopic (exact) mass is 349 g/mol. The normalized spacial score (nSPS) is 24.2. The molecule has 140 valence electrons. The number of rotatable bonds is 5. The van der Waals surface area contributed by atoms with E-state index < -0.39 is 0 Å². The fraction of sp³-hybridized carbons (Fsp3) is 0.833. The minimum atomic E-state index is -0.119. The summed E-state index contributed by atoms with van der Waals surface area (Å²) in [6.45, 7) is 8.74. The highest BCUT2D eigenvalue weighted by atomic mass is 16.5. The van der Waals surface area contributed by atoms with E-state index in [-0.39, 0.29) is 18.1 Å². The number of carbonyl (C=O) groups excluding carboxylic acids is 1. The quantitative estimate of drug-likeness (QED) is 0.871. The van der Waals surface area contributed by atoms with Crippen LogP contribution in [0.3, 0.4) is 0 Å². The molecule has 0 aromatic carbocycles. The van der Waals surface area contributed by atoms with Crippen LogP contribution >= 0.6 is 0 Å². The highest BCUT2D eigenvalue weighted by molar-refractivity contribution is 5.81. The van der Waals surface area contributed by atoms with Crippen LogP contribution in [0.4, 0.5) is 0 Å². The molecule has 2 fully saturated rings. The van der Waals surface area contributed by atoms with Gasteiger partial charge in [-0.3, -0.25) is 9.69 Å². The summed E-state index contributed by atoms with van der Waals surface area (Å²) in [5.41, 5.74) is 0. The Bertz CT molecular complexity index is 582.